The molecule has 0 bridgehead atoms. The molecule has 1 aromatic carbocycles. The van der Waals surface area contributed by atoms with Gasteiger partial charge in [0.2, 0.25) is 0 Å². The molecule has 1 atom stereocenters. The molecule has 3 rings (SSSR count). The Hall–Kier alpha value is -1.85. The van der Waals surface area contributed by atoms with Crippen molar-refractivity contribution < 1.29 is 4.55 Å². The molecular formula is C13H11N3OS. The van der Waals surface area contributed by atoms with E-state index in [9.17, 15) is 4.55 Å². The van der Waals surface area contributed by atoms with Crippen molar-refractivity contribution in [2.24, 2.45) is 0 Å². The first-order valence-electron chi connectivity index (χ1n) is 5.49. The Kier molecular flexibility index (Phi) is 2.77. The lowest BCUT2D eigenvalue weighted by Crippen LogP contribution is -2.07. The summed E-state index contributed by atoms with van der Waals surface area (Å²) in [5, 5.41) is 4.66. The summed E-state index contributed by atoms with van der Waals surface area (Å²) in [7, 11) is 0. The van der Waals surface area contributed by atoms with E-state index in [4.69, 9.17) is 0 Å². The van der Waals surface area contributed by atoms with Gasteiger partial charge in [0, 0.05) is 16.7 Å². The van der Waals surface area contributed by atoms with Crippen LogP contribution in [-0.2, 0) is 11.2 Å². The minimum atomic E-state index is -1.18. The van der Waals surface area contributed by atoms with E-state index in [1.807, 2.05) is 42.5 Å². The monoisotopic (exact) mass is 257 g/mol. The van der Waals surface area contributed by atoms with Crippen molar-refractivity contribution in [3.63, 3.8) is 0 Å². The molecular weight excluding hydrogens is 246 g/mol. The van der Waals surface area contributed by atoms with Crippen LogP contribution < -0.4 is 0 Å². The first-order valence-corrected chi connectivity index (χ1v) is 7.05. The zero-order valence-corrected chi connectivity index (χ0v) is 10.6. The Morgan fingerprint density at radius 3 is 2.61 bits per heavy atom. The molecule has 0 fully saturated rings. The Bertz CT molecular complexity index is 679. The van der Waals surface area contributed by atoms with Crippen molar-refractivity contribution in [3.8, 4) is 11.3 Å². The number of fused-ring (bicyclic) bond motifs is 1. The molecule has 0 radical (unpaired) electrons. The van der Waals surface area contributed by atoms with E-state index in [0.29, 0.717) is 5.16 Å². The van der Waals surface area contributed by atoms with Crippen molar-refractivity contribution in [1.82, 2.24) is 14.6 Å². The molecule has 0 saturated heterocycles. The Balaban J connectivity index is 2.21. The molecule has 0 saturated carbocycles. The van der Waals surface area contributed by atoms with E-state index in [0.717, 1.165) is 16.8 Å². The van der Waals surface area contributed by atoms with Gasteiger partial charge in [-0.3, -0.25) is 0 Å². The van der Waals surface area contributed by atoms with Crippen LogP contribution in [0.5, 0.6) is 0 Å². The van der Waals surface area contributed by atoms with Crippen LogP contribution in [0.1, 0.15) is 0 Å². The predicted octanol–water partition coefficient (Wildman–Crippen LogP) is 2.13. The van der Waals surface area contributed by atoms with Gasteiger partial charge in [-0.15, -0.1) is 0 Å². The van der Waals surface area contributed by atoms with Gasteiger partial charge in [0.15, 0.2) is 0 Å². The van der Waals surface area contributed by atoms with E-state index >= 15 is 0 Å². The molecule has 2 heterocycles. The lowest BCUT2D eigenvalue weighted by atomic mass is 10.2. The molecule has 5 heteroatoms. The second kappa shape index (κ2) is 4.44. The van der Waals surface area contributed by atoms with Crippen LogP contribution in [-0.4, -0.2) is 25.4 Å². The number of nitrogens with zero attached hydrogens (tertiary/aromatic N) is 3. The van der Waals surface area contributed by atoms with E-state index in [1.165, 1.54) is 0 Å². The molecule has 0 aliphatic rings. The standard InChI is InChI=1S/C13H11N3OS/c1-18(17)13-14-9-11-7-8-12(16(11)15-13)10-5-3-2-4-6-10/h2-9H,1H3. The summed E-state index contributed by atoms with van der Waals surface area (Å²) in [5.74, 6) is 0. The molecule has 1 unspecified atom stereocenters. The second-order valence-corrected chi connectivity index (χ2v) is 5.19. The van der Waals surface area contributed by atoms with Gasteiger partial charge in [0.05, 0.1) is 17.4 Å². The molecule has 0 spiro atoms. The second-order valence-electron chi connectivity index (χ2n) is 3.92. The van der Waals surface area contributed by atoms with Gasteiger partial charge in [-0.1, -0.05) is 35.4 Å². The van der Waals surface area contributed by atoms with Crippen LogP contribution in [0.2, 0.25) is 0 Å². The van der Waals surface area contributed by atoms with Crippen LogP contribution in [0, 0.1) is 0 Å². The quantitative estimate of drug-likeness (QED) is 0.661. The highest BCUT2D eigenvalue weighted by Crippen LogP contribution is 2.21. The third-order valence-electron chi connectivity index (χ3n) is 2.70. The Morgan fingerprint density at radius 1 is 1.11 bits per heavy atom. The highest BCUT2D eigenvalue weighted by molar-refractivity contribution is 7.90. The molecule has 18 heavy (non-hydrogen) atoms. The maximum atomic E-state index is 11.4. The van der Waals surface area contributed by atoms with Crippen LogP contribution in [0.25, 0.3) is 16.8 Å². The van der Waals surface area contributed by atoms with Crippen LogP contribution in [0.4, 0.5) is 0 Å². The zero-order chi connectivity index (χ0) is 12.5. The Morgan fingerprint density at radius 2 is 1.89 bits per heavy atom. The van der Waals surface area contributed by atoms with Crippen molar-refractivity contribution >= 4 is 16.7 Å². The van der Waals surface area contributed by atoms with E-state index < -0.39 is 11.2 Å². The lowest BCUT2D eigenvalue weighted by Gasteiger charge is -2.04. The largest absolute Gasteiger partial charge is 0.609 e. The Labute approximate surface area is 107 Å². The summed E-state index contributed by atoms with van der Waals surface area (Å²) >= 11 is -1.18. The van der Waals surface area contributed by atoms with Gasteiger partial charge < -0.3 is 4.55 Å². The fourth-order valence-corrected chi connectivity index (χ4v) is 2.24. The van der Waals surface area contributed by atoms with Crippen LogP contribution >= 0.6 is 0 Å². The predicted molar refractivity (Wildman–Crippen MR) is 70.8 cm³/mol. The van der Waals surface area contributed by atoms with Crippen molar-refractivity contribution in [2.75, 3.05) is 6.26 Å². The fourth-order valence-electron chi connectivity index (χ4n) is 1.85. The number of aromatic nitrogens is 3. The molecule has 0 aliphatic carbocycles. The van der Waals surface area contributed by atoms with Crippen molar-refractivity contribution in [1.29, 1.82) is 0 Å². The average Bonchev–Trinajstić information content (AvgIpc) is 2.82. The molecule has 90 valence electrons. The van der Waals surface area contributed by atoms with Gasteiger partial charge in [0.25, 0.3) is 0 Å². The number of hydrogen-bond donors (Lipinski definition) is 0. The van der Waals surface area contributed by atoms with Crippen molar-refractivity contribution in [2.45, 2.75) is 5.16 Å². The molecule has 0 aliphatic heterocycles. The highest BCUT2D eigenvalue weighted by Gasteiger charge is 2.12. The first-order chi connectivity index (χ1) is 8.75. The van der Waals surface area contributed by atoms with E-state index in [-0.39, 0.29) is 0 Å². The summed E-state index contributed by atoms with van der Waals surface area (Å²) in [5.41, 5.74) is 2.94. The normalized spacial score (nSPS) is 12.8. The SMILES string of the molecule is C[S+]([O-])c1ncc2ccc(-c3ccccc3)n2n1. The van der Waals surface area contributed by atoms with Gasteiger partial charge >= 0.3 is 5.16 Å². The molecule has 3 aromatic rings. The molecule has 0 amide bonds. The smallest absolute Gasteiger partial charge is 0.359 e. The summed E-state index contributed by atoms with van der Waals surface area (Å²) in [4.78, 5) is 4.08. The van der Waals surface area contributed by atoms with Gasteiger partial charge in [-0.25, -0.2) is 4.52 Å². The number of hydrogen-bond acceptors (Lipinski definition) is 3. The van der Waals surface area contributed by atoms with Crippen LogP contribution in [0.3, 0.4) is 0 Å². The highest BCUT2D eigenvalue weighted by atomic mass is 32.2. The summed E-state index contributed by atoms with van der Waals surface area (Å²) < 4.78 is 13.2. The van der Waals surface area contributed by atoms with Gasteiger partial charge in [-0.05, 0) is 12.1 Å². The number of rotatable bonds is 2. The van der Waals surface area contributed by atoms with Crippen LogP contribution in [0.15, 0.2) is 53.8 Å². The average molecular weight is 257 g/mol. The molecule has 2 aromatic heterocycles. The van der Waals surface area contributed by atoms with Gasteiger partial charge in [0.1, 0.15) is 6.26 Å². The fraction of sp³-hybridized carbons (Fsp3) is 0.0769. The topological polar surface area (TPSA) is 53.2 Å². The minimum Gasteiger partial charge on any atom is -0.609 e. The summed E-state index contributed by atoms with van der Waals surface area (Å²) in [6.07, 6.45) is 3.27. The first kappa shape index (κ1) is 11.3. The third kappa shape index (κ3) is 1.87. The van der Waals surface area contributed by atoms with Crippen molar-refractivity contribution in [3.05, 3.63) is 48.7 Å². The van der Waals surface area contributed by atoms with E-state index in [2.05, 4.69) is 10.1 Å². The lowest BCUT2D eigenvalue weighted by molar-refractivity contribution is 0.587. The summed E-state index contributed by atoms with van der Waals surface area (Å²) in [6, 6.07) is 13.9. The van der Waals surface area contributed by atoms with E-state index in [1.54, 1.807) is 17.0 Å². The molecule has 4 nitrogen and oxygen atoms in total. The zero-order valence-electron chi connectivity index (χ0n) is 9.78. The van der Waals surface area contributed by atoms with Gasteiger partial charge in [-0.2, -0.15) is 4.98 Å². The third-order valence-corrected chi connectivity index (χ3v) is 3.41. The maximum absolute atomic E-state index is 11.4. The number of benzene rings is 1. The molecule has 0 N–H and O–H groups in total. The maximum Gasteiger partial charge on any atom is 0.359 e. The summed E-state index contributed by atoms with van der Waals surface area (Å²) in [6.45, 7) is 0. The minimum absolute atomic E-state index is 0.343.